The minimum Gasteiger partial charge on any atom is -0.384 e. The van der Waals surface area contributed by atoms with Gasteiger partial charge < -0.3 is 11.1 Å². The molecule has 0 atom stereocenters. The zero-order chi connectivity index (χ0) is 14.0. The lowest BCUT2D eigenvalue weighted by molar-refractivity contribution is 0.152. The first-order chi connectivity index (χ1) is 8.97. The summed E-state index contributed by atoms with van der Waals surface area (Å²) in [5.74, 6) is 0.383. The normalized spacial score (nSPS) is 10.8. The highest BCUT2D eigenvalue weighted by Gasteiger charge is 2.14. The van der Waals surface area contributed by atoms with Gasteiger partial charge in [0.1, 0.15) is 5.82 Å². The van der Waals surface area contributed by atoms with Gasteiger partial charge in [0.25, 0.3) is 6.43 Å². The van der Waals surface area contributed by atoms with Crippen LogP contribution in [0, 0.1) is 6.92 Å². The van der Waals surface area contributed by atoms with Gasteiger partial charge in [0.05, 0.1) is 11.4 Å². The third-order valence-corrected chi connectivity index (χ3v) is 2.86. The lowest BCUT2D eigenvalue weighted by atomic mass is 10.1. The first-order valence-corrected chi connectivity index (χ1v) is 5.93. The Labute approximate surface area is 114 Å². The number of aromatic nitrogens is 1. The Morgan fingerprint density at radius 3 is 2.53 bits per heavy atom. The zero-order valence-corrected chi connectivity index (χ0v) is 10.9. The Balaban J connectivity index is 2.38. The van der Waals surface area contributed by atoms with Crippen molar-refractivity contribution in [2.75, 3.05) is 11.1 Å². The number of rotatable bonds is 3. The van der Waals surface area contributed by atoms with Crippen molar-refractivity contribution >= 4 is 28.8 Å². The third kappa shape index (κ3) is 3.12. The second-order valence-electron chi connectivity index (χ2n) is 4.03. The van der Waals surface area contributed by atoms with Gasteiger partial charge in [0.2, 0.25) is 0 Å². The average Bonchev–Trinajstić information content (AvgIpc) is 2.34. The van der Waals surface area contributed by atoms with E-state index in [9.17, 15) is 8.78 Å². The van der Waals surface area contributed by atoms with E-state index in [1.165, 1.54) is 12.1 Å². The first-order valence-electron chi connectivity index (χ1n) is 5.55. The second-order valence-corrected chi connectivity index (χ2v) is 4.46. The fraction of sp³-hybridized carbons (Fsp3) is 0.154. The Morgan fingerprint density at radius 2 is 1.89 bits per heavy atom. The van der Waals surface area contributed by atoms with Crippen LogP contribution in [0.2, 0.25) is 5.02 Å². The summed E-state index contributed by atoms with van der Waals surface area (Å²) < 4.78 is 25.9. The van der Waals surface area contributed by atoms with Gasteiger partial charge in [0.15, 0.2) is 0 Å². The van der Waals surface area contributed by atoms with Crippen molar-refractivity contribution in [1.82, 2.24) is 4.98 Å². The first kappa shape index (κ1) is 13.5. The second kappa shape index (κ2) is 5.40. The Bertz CT molecular complexity index is 602. The predicted octanol–water partition coefficient (Wildman–Crippen LogP) is 4.31. The predicted molar refractivity (Wildman–Crippen MR) is 73.1 cm³/mol. The number of nitrogens with zero attached hydrogens (tertiary/aromatic N) is 1. The standard InChI is InChI=1S/C13H12ClF2N3/c1-7-10(4-5-12(17)18-7)19-11-3-2-8(14)6-9(11)13(15)16/h2-6,13,19H,1H3,(H2,17,18). The Kier molecular flexibility index (Phi) is 3.85. The largest absolute Gasteiger partial charge is 0.384 e. The van der Waals surface area contributed by atoms with Crippen molar-refractivity contribution in [1.29, 1.82) is 0 Å². The molecule has 0 amide bonds. The number of halogens is 3. The summed E-state index contributed by atoms with van der Waals surface area (Å²) in [4.78, 5) is 4.06. The molecule has 0 fully saturated rings. The highest BCUT2D eigenvalue weighted by Crippen LogP contribution is 2.32. The van der Waals surface area contributed by atoms with E-state index < -0.39 is 6.43 Å². The van der Waals surface area contributed by atoms with Gasteiger partial charge in [-0.05, 0) is 37.3 Å². The number of hydrogen-bond donors (Lipinski definition) is 2. The number of nitrogens with two attached hydrogens (primary N) is 1. The molecule has 0 aliphatic carbocycles. The number of aryl methyl sites for hydroxylation is 1. The Morgan fingerprint density at radius 1 is 1.21 bits per heavy atom. The monoisotopic (exact) mass is 283 g/mol. The van der Waals surface area contributed by atoms with Crippen LogP contribution in [0.1, 0.15) is 17.7 Å². The number of pyridine rings is 1. The van der Waals surface area contributed by atoms with E-state index in [1.54, 1.807) is 25.1 Å². The molecule has 0 saturated carbocycles. The van der Waals surface area contributed by atoms with Crippen molar-refractivity contribution in [3.05, 3.63) is 46.6 Å². The molecule has 6 heteroatoms. The topological polar surface area (TPSA) is 50.9 Å². The summed E-state index contributed by atoms with van der Waals surface area (Å²) in [6.07, 6.45) is -2.61. The van der Waals surface area contributed by atoms with Gasteiger partial charge in [0, 0.05) is 16.3 Å². The van der Waals surface area contributed by atoms with Gasteiger partial charge in [-0.1, -0.05) is 11.6 Å². The maximum Gasteiger partial charge on any atom is 0.265 e. The van der Waals surface area contributed by atoms with Gasteiger partial charge >= 0.3 is 0 Å². The molecule has 0 radical (unpaired) electrons. The summed E-state index contributed by atoms with van der Waals surface area (Å²) in [5, 5.41) is 3.19. The molecular formula is C13H12ClF2N3. The van der Waals surface area contributed by atoms with Crippen molar-refractivity contribution in [3.63, 3.8) is 0 Å². The van der Waals surface area contributed by atoms with Crippen LogP contribution in [0.3, 0.4) is 0 Å². The van der Waals surface area contributed by atoms with Crippen molar-refractivity contribution in [2.45, 2.75) is 13.3 Å². The van der Waals surface area contributed by atoms with Crippen LogP contribution in [0.15, 0.2) is 30.3 Å². The van der Waals surface area contributed by atoms with Crippen molar-refractivity contribution < 1.29 is 8.78 Å². The highest BCUT2D eigenvalue weighted by atomic mass is 35.5. The number of nitrogens with one attached hydrogen (secondary N) is 1. The molecule has 0 aliphatic heterocycles. The SMILES string of the molecule is Cc1nc(N)ccc1Nc1ccc(Cl)cc1C(F)F. The third-order valence-electron chi connectivity index (χ3n) is 2.63. The smallest absolute Gasteiger partial charge is 0.265 e. The van der Waals surface area contributed by atoms with Crippen LogP contribution in [-0.2, 0) is 0 Å². The number of anilines is 3. The minimum atomic E-state index is -2.61. The van der Waals surface area contributed by atoms with E-state index >= 15 is 0 Å². The van der Waals surface area contributed by atoms with Crippen LogP contribution in [-0.4, -0.2) is 4.98 Å². The molecule has 1 heterocycles. The molecule has 2 aromatic rings. The molecule has 0 bridgehead atoms. The highest BCUT2D eigenvalue weighted by molar-refractivity contribution is 6.30. The maximum atomic E-state index is 12.9. The van der Waals surface area contributed by atoms with Crippen LogP contribution in [0.25, 0.3) is 0 Å². The van der Waals surface area contributed by atoms with E-state index in [4.69, 9.17) is 17.3 Å². The molecule has 1 aromatic heterocycles. The van der Waals surface area contributed by atoms with Gasteiger partial charge in [-0.15, -0.1) is 0 Å². The molecule has 100 valence electrons. The maximum absolute atomic E-state index is 12.9. The summed E-state index contributed by atoms with van der Waals surface area (Å²) in [6, 6.07) is 7.61. The molecule has 0 spiro atoms. The number of hydrogen-bond acceptors (Lipinski definition) is 3. The fourth-order valence-corrected chi connectivity index (χ4v) is 1.87. The summed E-state index contributed by atoms with van der Waals surface area (Å²) in [5.41, 5.74) is 6.95. The molecule has 2 rings (SSSR count). The van der Waals surface area contributed by atoms with Crippen LogP contribution in [0.5, 0.6) is 0 Å². The van der Waals surface area contributed by atoms with Crippen molar-refractivity contribution in [3.8, 4) is 0 Å². The quantitative estimate of drug-likeness (QED) is 0.882. The molecule has 3 nitrogen and oxygen atoms in total. The zero-order valence-electron chi connectivity index (χ0n) is 10.1. The lowest BCUT2D eigenvalue weighted by Gasteiger charge is -2.13. The molecule has 0 unspecified atom stereocenters. The minimum absolute atomic E-state index is 0.149. The molecule has 0 aliphatic rings. The summed E-state index contributed by atoms with van der Waals surface area (Å²) in [7, 11) is 0. The summed E-state index contributed by atoms with van der Waals surface area (Å²) >= 11 is 5.73. The number of nitrogen functional groups attached to an aromatic ring is 1. The van der Waals surface area contributed by atoms with Crippen LogP contribution < -0.4 is 11.1 Å². The Hall–Kier alpha value is -1.88. The summed E-state index contributed by atoms with van der Waals surface area (Å²) in [6.45, 7) is 1.75. The number of alkyl halides is 2. The van der Waals surface area contributed by atoms with Gasteiger partial charge in [-0.3, -0.25) is 0 Å². The van der Waals surface area contributed by atoms with E-state index in [-0.39, 0.29) is 10.6 Å². The lowest BCUT2D eigenvalue weighted by Crippen LogP contribution is -2.01. The molecule has 3 N–H and O–H groups in total. The molecular weight excluding hydrogens is 272 g/mol. The average molecular weight is 284 g/mol. The van der Waals surface area contributed by atoms with Crippen LogP contribution >= 0.6 is 11.6 Å². The van der Waals surface area contributed by atoms with Crippen LogP contribution in [0.4, 0.5) is 26.0 Å². The van der Waals surface area contributed by atoms with E-state index in [2.05, 4.69) is 10.3 Å². The van der Waals surface area contributed by atoms with E-state index in [0.717, 1.165) is 0 Å². The van der Waals surface area contributed by atoms with E-state index in [0.29, 0.717) is 22.9 Å². The fourth-order valence-electron chi connectivity index (χ4n) is 1.69. The molecule has 0 saturated heterocycles. The van der Waals surface area contributed by atoms with E-state index in [1.807, 2.05) is 0 Å². The van der Waals surface area contributed by atoms with Gasteiger partial charge in [-0.2, -0.15) is 0 Å². The number of benzene rings is 1. The van der Waals surface area contributed by atoms with Gasteiger partial charge in [-0.25, -0.2) is 13.8 Å². The molecule has 1 aromatic carbocycles. The van der Waals surface area contributed by atoms with Crippen molar-refractivity contribution in [2.24, 2.45) is 0 Å². The molecule has 19 heavy (non-hydrogen) atoms.